The number of rotatable bonds is 3. The lowest BCUT2D eigenvalue weighted by Crippen LogP contribution is -1.91. The van der Waals surface area contributed by atoms with E-state index in [1.54, 1.807) is 19.2 Å². The SMILES string of the molecule is C=C(Cl)c1nc(Cl)c(OC)cc1N=CC. The van der Waals surface area contributed by atoms with Gasteiger partial charge in [-0.2, -0.15) is 0 Å². The first-order chi connectivity index (χ1) is 7.10. The molecule has 0 aliphatic rings. The summed E-state index contributed by atoms with van der Waals surface area (Å²) in [6.07, 6.45) is 1.63. The highest BCUT2D eigenvalue weighted by atomic mass is 35.5. The summed E-state index contributed by atoms with van der Waals surface area (Å²) in [4.78, 5) is 8.16. The standard InChI is InChI=1S/C10H10Cl2N2O/c1-4-13-7-5-8(15-3)10(12)14-9(7)6(2)11/h4-5H,2H2,1,3H3. The van der Waals surface area contributed by atoms with E-state index in [0.29, 0.717) is 22.2 Å². The molecule has 15 heavy (non-hydrogen) atoms. The zero-order valence-electron chi connectivity index (χ0n) is 8.42. The third-order valence-corrected chi connectivity index (χ3v) is 2.12. The lowest BCUT2D eigenvalue weighted by Gasteiger charge is -2.07. The predicted octanol–water partition coefficient (Wildman–Crippen LogP) is 3.68. The number of methoxy groups -OCH3 is 1. The molecular formula is C10H10Cl2N2O. The second-order valence-electron chi connectivity index (χ2n) is 2.64. The molecule has 0 unspecified atom stereocenters. The monoisotopic (exact) mass is 244 g/mol. The van der Waals surface area contributed by atoms with Gasteiger partial charge in [-0.15, -0.1) is 0 Å². The Labute approximate surface area is 98.4 Å². The molecular weight excluding hydrogens is 235 g/mol. The van der Waals surface area contributed by atoms with Gasteiger partial charge in [-0.05, 0) is 6.92 Å². The maximum absolute atomic E-state index is 5.86. The zero-order valence-corrected chi connectivity index (χ0v) is 9.93. The lowest BCUT2D eigenvalue weighted by atomic mass is 10.3. The van der Waals surface area contributed by atoms with Crippen LogP contribution in [-0.2, 0) is 0 Å². The zero-order chi connectivity index (χ0) is 11.4. The molecule has 80 valence electrons. The van der Waals surface area contributed by atoms with Crippen LogP contribution in [0.4, 0.5) is 5.69 Å². The van der Waals surface area contributed by atoms with E-state index in [1.807, 2.05) is 0 Å². The van der Waals surface area contributed by atoms with Crippen molar-refractivity contribution in [2.24, 2.45) is 4.99 Å². The van der Waals surface area contributed by atoms with Gasteiger partial charge < -0.3 is 4.74 Å². The van der Waals surface area contributed by atoms with Crippen LogP contribution >= 0.6 is 23.2 Å². The minimum absolute atomic E-state index is 0.240. The third kappa shape index (κ3) is 2.70. The number of ether oxygens (including phenoxy) is 1. The minimum atomic E-state index is 0.240. The van der Waals surface area contributed by atoms with Crippen LogP contribution in [0, 0.1) is 0 Å². The van der Waals surface area contributed by atoms with E-state index in [4.69, 9.17) is 27.9 Å². The molecule has 0 bridgehead atoms. The van der Waals surface area contributed by atoms with Crippen molar-refractivity contribution in [1.82, 2.24) is 4.98 Å². The highest BCUT2D eigenvalue weighted by Crippen LogP contribution is 2.33. The highest BCUT2D eigenvalue weighted by molar-refractivity contribution is 6.48. The van der Waals surface area contributed by atoms with Crippen LogP contribution in [0.5, 0.6) is 5.75 Å². The number of nitrogens with zero attached hydrogens (tertiary/aromatic N) is 2. The third-order valence-electron chi connectivity index (χ3n) is 1.67. The van der Waals surface area contributed by atoms with Crippen molar-refractivity contribution in [2.45, 2.75) is 6.92 Å². The molecule has 0 atom stereocenters. The van der Waals surface area contributed by atoms with E-state index >= 15 is 0 Å². The Morgan fingerprint density at radius 3 is 2.80 bits per heavy atom. The van der Waals surface area contributed by atoms with Crippen molar-refractivity contribution < 1.29 is 4.74 Å². The topological polar surface area (TPSA) is 34.5 Å². The van der Waals surface area contributed by atoms with Crippen molar-refractivity contribution in [1.29, 1.82) is 0 Å². The summed E-state index contributed by atoms with van der Waals surface area (Å²) < 4.78 is 5.03. The van der Waals surface area contributed by atoms with Crippen molar-refractivity contribution in [3.8, 4) is 5.75 Å². The van der Waals surface area contributed by atoms with Gasteiger partial charge in [-0.25, -0.2) is 4.98 Å². The molecule has 0 amide bonds. The van der Waals surface area contributed by atoms with Crippen LogP contribution in [0.3, 0.4) is 0 Å². The Morgan fingerprint density at radius 2 is 2.33 bits per heavy atom. The van der Waals surface area contributed by atoms with Crippen LogP contribution < -0.4 is 4.74 Å². The largest absolute Gasteiger partial charge is 0.493 e. The first-order valence-corrected chi connectivity index (χ1v) is 4.93. The second-order valence-corrected chi connectivity index (χ2v) is 3.46. The van der Waals surface area contributed by atoms with Gasteiger partial charge in [-0.1, -0.05) is 29.8 Å². The van der Waals surface area contributed by atoms with Crippen molar-refractivity contribution >= 4 is 40.1 Å². The van der Waals surface area contributed by atoms with Crippen molar-refractivity contribution in [2.75, 3.05) is 7.11 Å². The van der Waals surface area contributed by atoms with Crippen LogP contribution in [0.25, 0.3) is 5.03 Å². The number of pyridine rings is 1. The number of aromatic nitrogens is 1. The van der Waals surface area contributed by atoms with E-state index in [1.165, 1.54) is 7.11 Å². The van der Waals surface area contributed by atoms with Gasteiger partial charge in [-0.3, -0.25) is 4.99 Å². The van der Waals surface area contributed by atoms with Gasteiger partial charge in [0.15, 0.2) is 10.9 Å². The molecule has 0 fully saturated rings. The normalized spacial score (nSPS) is 10.7. The second kappa shape index (κ2) is 5.14. The first-order valence-electron chi connectivity index (χ1n) is 4.18. The quantitative estimate of drug-likeness (QED) is 0.601. The first kappa shape index (κ1) is 12.0. The van der Waals surface area contributed by atoms with Crippen molar-refractivity contribution in [3.05, 3.63) is 23.5 Å². The molecule has 0 spiro atoms. The predicted molar refractivity (Wildman–Crippen MR) is 64.5 cm³/mol. The Hall–Kier alpha value is -1.06. The summed E-state index contributed by atoms with van der Waals surface area (Å²) in [5.41, 5.74) is 1.04. The summed E-state index contributed by atoms with van der Waals surface area (Å²) >= 11 is 11.6. The van der Waals surface area contributed by atoms with Gasteiger partial charge in [0.25, 0.3) is 0 Å². The maximum atomic E-state index is 5.86. The number of hydrogen-bond donors (Lipinski definition) is 0. The minimum Gasteiger partial charge on any atom is -0.493 e. The molecule has 0 radical (unpaired) electrons. The van der Waals surface area contributed by atoms with E-state index in [9.17, 15) is 0 Å². The highest BCUT2D eigenvalue weighted by Gasteiger charge is 2.11. The summed E-state index contributed by atoms with van der Waals surface area (Å²) in [5, 5.41) is 0.532. The summed E-state index contributed by atoms with van der Waals surface area (Å²) in [6, 6.07) is 1.66. The van der Waals surface area contributed by atoms with Gasteiger partial charge >= 0.3 is 0 Å². The fraction of sp³-hybridized carbons (Fsp3) is 0.200. The molecule has 0 N–H and O–H groups in total. The molecule has 5 heteroatoms. The average molecular weight is 245 g/mol. The summed E-state index contributed by atoms with van der Waals surface area (Å²) in [6.45, 7) is 5.39. The molecule has 0 saturated carbocycles. The molecule has 1 aromatic heterocycles. The van der Waals surface area contributed by atoms with Gasteiger partial charge in [0, 0.05) is 12.3 Å². The summed E-state index contributed by atoms with van der Waals surface area (Å²) in [5.74, 6) is 0.457. The maximum Gasteiger partial charge on any atom is 0.171 e. The Bertz CT molecular complexity index is 416. The molecule has 0 saturated heterocycles. The van der Waals surface area contributed by atoms with Gasteiger partial charge in [0.1, 0.15) is 5.69 Å². The Balaban J connectivity index is 3.38. The molecule has 1 heterocycles. The van der Waals surface area contributed by atoms with Gasteiger partial charge in [0.2, 0.25) is 0 Å². The molecule has 1 rings (SSSR count). The van der Waals surface area contributed by atoms with E-state index < -0.39 is 0 Å². The smallest absolute Gasteiger partial charge is 0.171 e. The molecule has 0 aliphatic heterocycles. The fourth-order valence-electron chi connectivity index (χ4n) is 1.04. The number of hydrogen-bond acceptors (Lipinski definition) is 3. The number of halogens is 2. The van der Waals surface area contributed by atoms with E-state index in [0.717, 1.165) is 0 Å². The van der Waals surface area contributed by atoms with E-state index in [-0.39, 0.29) is 5.15 Å². The van der Waals surface area contributed by atoms with Crippen LogP contribution in [0.1, 0.15) is 12.6 Å². The van der Waals surface area contributed by atoms with Crippen molar-refractivity contribution in [3.63, 3.8) is 0 Å². The average Bonchev–Trinajstić information content (AvgIpc) is 2.20. The summed E-state index contributed by atoms with van der Waals surface area (Å²) in [7, 11) is 1.51. The van der Waals surface area contributed by atoms with Crippen LogP contribution in [-0.4, -0.2) is 18.3 Å². The fourth-order valence-corrected chi connectivity index (χ4v) is 1.40. The Morgan fingerprint density at radius 1 is 1.67 bits per heavy atom. The molecule has 0 aromatic carbocycles. The van der Waals surface area contributed by atoms with Crippen LogP contribution in [0.15, 0.2) is 17.6 Å². The number of aliphatic imine (C=N–C) groups is 1. The lowest BCUT2D eigenvalue weighted by molar-refractivity contribution is 0.413. The van der Waals surface area contributed by atoms with E-state index in [2.05, 4.69) is 16.6 Å². The molecule has 3 nitrogen and oxygen atoms in total. The van der Waals surface area contributed by atoms with Gasteiger partial charge in [0.05, 0.1) is 17.8 Å². The molecule has 0 aliphatic carbocycles. The Kier molecular flexibility index (Phi) is 4.12. The molecule has 1 aromatic rings. The van der Waals surface area contributed by atoms with Crippen LogP contribution in [0.2, 0.25) is 5.15 Å².